The fraction of sp³-hybridized carbons (Fsp3) is 0.846. The van der Waals surface area contributed by atoms with E-state index in [1.165, 1.54) is 0 Å². The highest BCUT2D eigenvalue weighted by atomic mass is 16.5. The first-order chi connectivity index (χ1) is 8.25. The molecule has 0 radical (unpaired) electrons. The van der Waals surface area contributed by atoms with Gasteiger partial charge in [-0.1, -0.05) is 19.8 Å². The Hall–Kier alpha value is -1.08. The summed E-state index contributed by atoms with van der Waals surface area (Å²) in [5.41, 5.74) is -0.746. The summed E-state index contributed by atoms with van der Waals surface area (Å²) in [5, 5.41) is 12.0. The van der Waals surface area contributed by atoms with Crippen molar-refractivity contribution in [2.45, 2.75) is 45.4 Å². The highest BCUT2D eigenvalue weighted by Gasteiger charge is 2.41. The van der Waals surface area contributed by atoms with Crippen molar-refractivity contribution in [1.29, 1.82) is 5.26 Å². The van der Waals surface area contributed by atoms with E-state index in [0.29, 0.717) is 26.0 Å². The largest absolute Gasteiger partial charge is 0.381 e. The lowest BCUT2D eigenvalue weighted by Gasteiger charge is -2.19. The predicted octanol–water partition coefficient (Wildman–Crippen LogP) is 2.00. The summed E-state index contributed by atoms with van der Waals surface area (Å²) in [6, 6.07) is 2.20. The molecule has 0 heterocycles. The van der Waals surface area contributed by atoms with Crippen LogP contribution in [0.2, 0.25) is 0 Å². The van der Waals surface area contributed by atoms with Crippen molar-refractivity contribution < 1.29 is 9.53 Å². The number of hydrogen-bond acceptors (Lipinski definition) is 3. The maximum atomic E-state index is 11.9. The van der Waals surface area contributed by atoms with E-state index >= 15 is 0 Å². The molecule has 4 nitrogen and oxygen atoms in total. The summed E-state index contributed by atoms with van der Waals surface area (Å²) < 4.78 is 5.33. The first-order valence-corrected chi connectivity index (χ1v) is 6.52. The summed E-state index contributed by atoms with van der Waals surface area (Å²) in [7, 11) is 0. The lowest BCUT2D eigenvalue weighted by Crippen LogP contribution is -2.38. The van der Waals surface area contributed by atoms with Gasteiger partial charge in [0.1, 0.15) is 5.41 Å². The second-order valence-corrected chi connectivity index (χ2v) is 4.62. The van der Waals surface area contributed by atoms with Gasteiger partial charge in [0.25, 0.3) is 0 Å². The zero-order valence-corrected chi connectivity index (χ0v) is 10.6. The topological polar surface area (TPSA) is 62.1 Å². The summed E-state index contributed by atoms with van der Waals surface area (Å²) in [5.74, 6) is -0.0898. The van der Waals surface area contributed by atoms with E-state index in [4.69, 9.17) is 10.00 Å². The van der Waals surface area contributed by atoms with E-state index < -0.39 is 5.41 Å². The monoisotopic (exact) mass is 238 g/mol. The molecule has 1 N–H and O–H groups in total. The Morgan fingerprint density at radius 2 is 2.12 bits per heavy atom. The van der Waals surface area contributed by atoms with Gasteiger partial charge in [-0.25, -0.2) is 0 Å². The van der Waals surface area contributed by atoms with Crippen LogP contribution in [0.3, 0.4) is 0 Å². The molecule has 96 valence electrons. The SMILES string of the molecule is CCCOCCCNC(=O)C1(C#N)CCCC1. The molecule has 0 aliphatic heterocycles. The van der Waals surface area contributed by atoms with Crippen molar-refractivity contribution in [3.05, 3.63) is 0 Å². The molecule has 0 saturated heterocycles. The number of carbonyl (C=O) groups excluding carboxylic acids is 1. The molecule has 17 heavy (non-hydrogen) atoms. The van der Waals surface area contributed by atoms with Crippen molar-refractivity contribution in [2.24, 2.45) is 5.41 Å². The van der Waals surface area contributed by atoms with Gasteiger partial charge in [0, 0.05) is 19.8 Å². The van der Waals surface area contributed by atoms with Crippen LogP contribution in [-0.4, -0.2) is 25.7 Å². The van der Waals surface area contributed by atoms with Gasteiger partial charge in [0.15, 0.2) is 0 Å². The number of nitrogens with zero attached hydrogens (tertiary/aromatic N) is 1. The smallest absolute Gasteiger partial charge is 0.240 e. The Kier molecular flexibility index (Phi) is 5.99. The average molecular weight is 238 g/mol. The van der Waals surface area contributed by atoms with Gasteiger partial charge in [-0.05, 0) is 25.7 Å². The first-order valence-electron chi connectivity index (χ1n) is 6.52. The fourth-order valence-corrected chi connectivity index (χ4v) is 2.16. The third-order valence-corrected chi connectivity index (χ3v) is 3.21. The molecule has 1 aliphatic carbocycles. The second-order valence-electron chi connectivity index (χ2n) is 4.62. The molecule has 4 heteroatoms. The van der Waals surface area contributed by atoms with Gasteiger partial charge in [-0.15, -0.1) is 0 Å². The highest BCUT2D eigenvalue weighted by molar-refractivity contribution is 5.85. The molecule has 0 bridgehead atoms. The summed E-state index contributed by atoms with van der Waals surface area (Å²) in [6.07, 6.45) is 5.22. The minimum absolute atomic E-state index is 0.0898. The van der Waals surface area contributed by atoms with E-state index in [-0.39, 0.29) is 5.91 Å². The molecule has 0 unspecified atom stereocenters. The Balaban J connectivity index is 2.18. The third kappa shape index (κ3) is 4.01. The molecule has 1 amide bonds. The Morgan fingerprint density at radius 3 is 2.71 bits per heavy atom. The van der Waals surface area contributed by atoms with Crippen molar-refractivity contribution in [3.8, 4) is 6.07 Å². The molecule has 1 saturated carbocycles. The summed E-state index contributed by atoms with van der Waals surface area (Å²) >= 11 is 0. The molecule has 1 aliphatic rings. The van der Waals surface area contributed by atoms with Crippen LogP contribution in [0.1, 0.15) is 45.4 Å². The summed E-state index contributed by atoms with van der Waals surface area (Å²) in [6.45, 7) is 4.12. The van der Waals surface area contributed by atoms with Crippen LogP contribution in [0, 0.1) is 16.7 Å². The molecule has 1 rings (SSSR count). The maximum Gasteiger partial charge on any atom is 0.240 e. The Bertz CT molecular complexity index is 278. The van der Waals surface area contributed by atoms with Crippen LogP contribution in [0.4, 0.5) is 0 Å². The number of carbonyl (C=O) groups is 1. The number of hydrogen-bond donors (Lipinski definition) is 1. The van der Waals surface area contributed by atoms with E-state index in [2.05, 4.69) is 18.3 Å². The minimum Gasteiger partial charge on any atom is -0.381 e. The van der Waals surface area contributed by atoms with Crippen LogP contribution in [0.25, 0.3) is 0 Å². The van der Waals surface area contributed by atoms with Crippen LogP contribution in [-0.2, 0) is 9.53 Å². The van der Waals surface area contributed by atoms with E-state index in [9.17, 15) is 4.79 Å². The van der Waals surface area contributed by atoms with E-state index in [1.807, 2.05) is 0 Å². The number of nitriles is 1. The van der Waals surface area contributed by atoms with Crippen LogP contribution < -0.4 is 5.32 Å². The highest BCUT2D eigenvalue weighted by Crippen LogP contribution is 2.37. The van der Waals surface area contributed by atoms with Gasteiger partial charge in [-0.2, -0.15) is 5.26 Å². The van der Waals surface area contributed by atoms with Gasteiger partial charge >= 0.3 is 0 Å². The Labute approximate surface area is 103 Å². The first kappa shape index (κ1) is 14.0. The quantitative estimate of drug-likeness (QED) is 0.690. The lowest BCUT2D eigenvalue weighted by molar-refractivity contribution is -0.127. The molecular formula is C13H22N2O2. The lowest BCUT2D eigenvalue weighted by atomic mass is 9.87. The van der Waals surface area contributed by atoms with E-state index in [1.54, 1.807) is 0 Å². The van der Waals surface area contributed by atoms with E-state index in [0.717, 1.165) is 32.3 Å². The van der Waals surface area contributed by atoms with Crippen LogP contribution in [0.15, 0.2) is 0 Å². The standard InChI is InChI=1S/C13H22N2O2/c1-2-9-17-10-5-8-15-12(16)13(11-14)6-3-4-7-13/h2-10H2,1H3,(H,15,16). The van der Waals surface area contributed by atoms with Crippen molar-refractivity contribution in [2.75, 3.05) is 19.8 Å². The van der Waals surface area contributed by atoms with Gasteiger partial charge in [-0.3, -0.25) is 4.79 Å². The fourth-order valence-electron chi connectivity index (χ4n) is 2.16. The van der Waals surface area contributed by atoms with Gasteiger partial charge in [0.2, 0.25) is 5.91 Å². The maximum absolute atomic E-state index is 11.9. The van der Waals surface area contributed by atoms with Crippen molar-refractivity contribution in [3.63, 3.8) is 0 Å². The van der Waals surface area contributed by atoms with Crippen molar-refractivity contribution >= 4 is 5.91 Å². The van der Waals surface area contributed by atoms with Gasteiger partial charge < -0.3 is 10.1 Å². The number of amides is 1. The molecule has 0 aromatic carbocycles. The molecule has 0 aromatic rings. The van der Waals surface area contributed by atoms with Crippen molar-refractivity contribution in [1.82, 2.24) is 5.32 Å². The number of nitrogens with one attached hydrogen (secondary N) is 1. The zero-order valence-electron chi connectivity index (χ0n) is 10.6. The number of ether oxygens (including phenoxy) is 1. The molecule has 0 spiro atoms. The van der Waals surface area contributed by atoms with Gasteiger partial charge in [0.05, 0.1) is 6.07 Å². The molecule has 1 fully saturated rings. The summed E-state index contributed by atoms with van der Waals surface area (Å²) in [4.78, 5) is 11.9. The number of rotatable bonds is 7. The third-order valence-electron chi connectivity index (χ3n) is 3.21. The Morgan fingerprint density at radius 1 is 1.41 bits per heavy atom. The average Bonchev–Trinajstić information content (AvgIpc) is 2.83. The second kappa shape index (κ2) is 7.29. The molecule has 0 aromatic heterocycles. The minimum atomic E-state index is -0.746. The molecular weight excluding hydrogens is 216 g/mol. The normalized spacial score (nSPS) is 17.6. The predicted molar refractivity (Wildman–Crippen MR) is 65.3 cm³/mol. The zero-order chi connectivity index (χ0) is 12.6. The van der Waals surface area contributed by atoms with Crippen LogP contribution in [0.5, 0.6) is 0 Å². The van der Waals surface area contributed by atoms with Crippen LogP contribution >= 0.6 is 0 Å². The molecule has 0 atom stereocenters.